The topological polar surface area (TPSA) is 66.0 Å². The Morgan fingerprint density at radius 3 is 2.30 bits per heavy atom. The third-order valence-corrected chi connectivity index (χ3v) is 7.45. The molecule has 0 spiro atoms. The minimum absolute atomic E-state index is 0.0943. The number of halogens is 4. The Morgan fingerprint density at radius 2 is 1.73 bits per heavy atom. The summed E-state index contributed by atoms with van der Waals surface area (Å²) in [5.74, 6) is -0.126. The van der Waals surface area contributed by atoms with Crippen molar-refractivity contribution in [2.24, 2.45) is 0 Å². The second-order valence-electron chi connectivity index (χ2n) is 8.77. The van der Waals surface area contributed by atoms with E-state index in [2.05, 4.69) is 4.98 Å². The molecule has 37 heavy (non-hydrogen) atoms. The Bertz CT molecular complexity index is 1310. The van der Waals surface area contributed by atoms with Crippen molar-refractivity contribution in [3.05, 3.63) is 94.6 Å². The zero-order valence-electron chi connectivity index (χ0n) is 20.1. The van der Waals surface area contributed by atoms with Crippen molar-refractivity contribution in [3.63, 3.8) is 0 Å². The number of pyridine rings is 1. The maximum absolute atomic E-state index is 13.0. The molecule has 2 aromatic carbocycles. The Hall–Kier alpha value is -2.70. The van der Waals surface area contributed by atoms with Crippen molar-refractivity contribution in [2.45, 2.75) is 31.3 Å². The van der Waals surface area contributed by atoms with E-state index in [4.69, 9.17) is 16.4 Å². The summed E-state index contributed by atoms with van der Waals surface area (Å²) in [6.07, 6.45) is -3.05. The van der Waals surface area contributed by atoms with E-state index in [1.54, 1.807) is 0 Å². The molecule has 1 saturated heterocycles. The summed E-state index contributed by atoms with van der Waals surface area (Å²) in [6.45, 7) is 0.390. The van der Waals surface area contributed by atoms with Crippen molar-refractivity contribution < 1.29 is 26.4 Å². The van der Waals surface area contributed by atoms with Crippen molar-refractivity contribution in [3.8, 4) is 0 Å². The average molecular weight is 555 g/mol. The van der Waals surface area contributed by atoms with E-state index in [1.807, 2.05) is 65.7 Å². The van der Waals surface area contributed by atoms with E-state index < -0.39 is 27.9 Å². The molecule has 0 aliphatic carbocycles. The monoisotopic (exact) mass is 554 g/mol. The number of nitrogens with zero attached hydrogens (tertiary/aromatic N) is 4. The van der Waals surface area contributed by atoms with Crippen LogP contribution < -0.4 is 5.01 Å². The summed E-state index contributed by atoms with van der Waals surface area (Å²) in [5.41, 5.74) is 1.02. The van der Waals surface area contributed by atoms with Gasteiger partial charge in [0.2, 0.25) is 10.0 Å². The molecule has 3 aromatic rings. The summed E-state index contributed by atoms with van der Waals surface area (Å²) in [5, 5.41) is 2.64. The van der Waals surface area contributed by atoms with Crippen LogP contribution in [0.2, 0.25) is 5.02 Å². The summed E-state index contributed by atoms with van der Waals surface area (Å²) >= 11 is 6.09. The molecule has 12 heteroatoms. The normalized spacial score (nSPS) is 18.9. The summed E-state index contributed by atoms with van der Waals surface area (Å²) < 4.78 is 65.7. The fourth-order valence-electron chi connectivity index (χ4n) is 4.25. The molecule has 0 saturated carbocycles. The first-order valence-corrected chi connectivity index (χ1v) is 13.6. The second-order valence-corrected chi connectivity index (χ2v) is 11.1. The zero-order valence-corrected chi connectivity index (χ0v) is 21.7. The lowest BCUT2D eigenvalue weighted by Crippen LogP contribution is -2.48. The van der Waals surface area contributed by atoms with Gasteiger partial charge in [-0.15, -0.1) is 4.41 Å². The first-order chi connectivity index (χ1) is 17.4. The number of alkyl halides is 3. The molecular formula is C25H26ClF3N4O3S. The fraction of sp³-hybridized carbons (Fsp3) is 0.320. The van der Waals surface area contributed by atoms with E-state index in [0.29, 0.717) is 19.2 Å². The molecule has 1 aliphatic heterocycles. The van der Waals surface area contributed by atoms with Gasteiger partial charge in [-0.3, -0.25) is 9.85 Å². The van der Waals surface area contributed by atoms with Crippen LogP contribution in [0.15, 0.2) is 72.9 Å². The SMILES string of the molecule is CN(c1ncc(C(F)(F)F)cc1Cl)N(CC1CC(c2ccccc2)N(Cc2ccccc2)O1)S(C)(=O)=O. The standard InChI is InChI=1S/C25H26ClF3N4O3S/c1-31(24-22(26)13-20(15-30-24)25(27,28)29)33(37(2,34)35)17-21-14-23(19-11-7-4-8-12-19)32(36-21)16-18-9-5-3-6-10-18/h3-13,15,21,23H,14,16-17H2,1-2H3. The largest absolute Gasteiger partial charge is 0.417 e. The Labute approximate surface area is 219 Å². The highest BCUT2D eigenvalue weighted by atomic mass is 35.5. The maximum atomic E-state index is 13.0. The quantitative estimate of drug-likeness (QED) is 0.351. The maximum Gasteiger partial charge on any atom is 0.417 e. The highest BCUT2D eigenvalue weighted by molar-refractivity contribution is 7.88. The minimum atomic E-state index is -4.63. The van der Waals surface area contributed by atoms with Gasteiger partial charge in [-0.05, 0) is 23.6 Å². The Morgan fingerprint density at radius 1 is 1.11 bits per heavy atom. The molecule has 2 heterocycles. The third-order valence-electron chi connectivity index (χ3n) is 6.02. The number of sulfonamides is 1. The zero-order chi connectivity index (χ0) is 26.8. The first-order valence-electron chi connectivity index (χ1n) is 11.4. The van der Waals surface area contributed by atoms with E-state index in [0.717, 1.165) is 32.9 Å². The van der Waals surface area contributed by atoms with Crippen LogP contribution in [-0.2, 0) is 27.6 Å². The number of hydrazine groups is 1. The molecule has 1 aliphatic rings. The number of hydrogen-bond donors (Lipinski definition) is 0. The van der Waals surface area contributed by atoms with Crippen LogP contribution in [0.3, 0.4) is 0 Å². The molecule has 1 fully saturated rings. The summed E-state index contributed by atoms with van der Waals surface area (Å²) in [4.78, 5) is 10.0. The summed E-state index contributed by atoms with van der Waals surface area (Å²) in [6, 6.07) is 20.1. The van der Waals surface area contributed by atoms with Gasteiger partial charge in [0, 0.05) is 19.8 Å². The molecule has 0 radical (unpaired) electrons. The van der Waals surface area contributed by atoms with Crippen molar-refractivity contribution in [1.82, 2.24) is 14.5 Å². The van der Waals surface area contributed by atoms with Crippen LogP contribution in [0.1, 0.15) is 29.2 Å². The highest BCUT2D eigenvalue weighted by Crippen LogP contribution is 2.37. The number of hydroxylamine groups is 2. The molecule has 1 aromatic heterocycles. The molecule has 4 rings (SSSR count). The molecule has 0 amide bonds. The van der Waals surface area contributed by atoms with Gasteiger partial charge >= 0.3 is 6.18 Å². The number of benzene rings is 2. The molecule has 2 unspecified atom stereocenters. The smallest absolute Gasteiger partial charge is 0.293 e. The van der Waals surface area contributed by atoms with Gasteiger partial charge in [0.15, 0.2) is 5.82 Å². The molecule has 0 bridgehead atoms. The lowest BCUT2D eigenvalue weighted by Gasteiger charge is -2.32. The van der Waals surface area contributed by atoms with Gasteiger partial charge in [-0.2, -0.15) is 18.2 Å². The molecule has 0 N–H and O–H groups in total. The number of aromatic nitrogens is 1. The molecule has 2 atom stereocenters. The molecule has 7 nitrogen and oxygen atoms in total. The number of anilines is 1. The highest BCUT2D eigenvalue weighted by Gasteiger charge is 2.39. The van der Waals surface area contributed by atoms with E-state index in [1.165, 1.54) is 7.05 Å². The van der Waals surface area contributed by atoms with Gasteiger partial charge in [-0.1, -0.05) is 72.3 Å². The van der Waals surface area contributed by atoms with Crippen LogP contribution in [0, 0.1) is 0 Å². The van der Waals surface area contributed by atoms with Crippen LogP contribution >= 0.6 is 11.6 Å². The van der Waals surface area contributed by atoms with Gasteiger partial charge < -0.3 is 0 Å². The van der Waals surface area contributed by atoms with Crippen molar-refractivity contribution in [1.29, 1.82) is 0 Å². The van der Waals surface area contributed by atoms with E-state index >= 15 is 0 Å². The lowest BCUT2D eigenvalue weighted by atomic mass is 10.0. The number of rotatable bonds is 8. The Balaban J connectivity index is 1.59. The van der Waals surface area contributed by atoms with Gasteiger partial charge in [0.1, 0.15) is 0 Å². The average Bonchev–Trinajstić information content (AvgIpc) is 3.24. The van der Waals surface area contributed by atoms with E-state index in [-0.39, 0.29) is 23.4 Å². The predicted molar refractivity (Wildman–Crippen MR) is 135 cm³/mol. The number of hydrogen-bond acceptors (Lipinski definition) is 6. The first kappa shape index (κ1) is 27.3. The molecular weight excluding hydrogens is 529 g/mol. The lowest BCUT2D eigenvalue weighted by molar-refractivity contribution is -0.172. The van der Waals surface area contributed by atoms with Crippen LogP contribution in [0.25, 0.3) is 0 Å². The Kier molecular flexibility index (Phi) is 8.10. The van der Waals surface area contributed by atoms with Crippen molar-refractivity contribution >= 4 is 27.4 Å². The van der Waals surface area contributed by atoms with Gasteiger partial charge in [0.05, 0.1) is 35.5 Å². The summed E-state index contributed by atoms with van der Waals surface area (Å²) in [7, 11) is -2.49. The third kappa shape index (κ3) is 6.60. The molecule has 198 valence electrons. The van der Waals surface area contributed by atoms with Gasteiger partial charge in [0.25, 0.3) is 0 Å². The van der Waals surface area contributed by atoms with Crippen LogP contribution in [0.4, 0.5) is 19.0 Å². The predicted octanol–water partition coefficient (Wildman–Crippen LogP) is 5.31. The van der Waals surface area contributed by atoms with Crippen LogP contribution in [-0.4, -0.2) is 48.8 Å². The van der Waals surface area contributed by atoms with Crippen molar-refractivity contribution in [2.75, 3.05) is 24.9 Å². The van der Waals surface area contributed by atoms with Gasteiger partial charge in [-0.25, -0.2) is 13.4 Å². The van der Waals surface area contributed by atoms with E-state index in [9.17, 15) is 21.6 Å². The van der Waals surface area contributed by atoms with Crippen LogP contribution in [0.5, 0.6) is 0 Å². The minimum Gasteiger partial charge on any atom is -0.293 e. The fourth-order valence-corrected chi connectivity index (χ4v) is 5.50. The second kappa shape index (κ2) is 11.0.